The van der Waals surface area contributed by atoms with E-state index in [1.54, 1.807) is 0 Å². The number of rotatable bonds is 54. The molecule has 4 atom stereocenters. The third-order valence-electron chi connectivity index (χ3n) is 13.2. The fourth-order valence-corrected chi connectivity index (χ4v) is 9.24. The summed E-state index contributed by atoms with van der Waals surface area (Å²) in [7, 11) is 1.42. The van der Waals surface area contributed by atoms with Crippen molar-refractivity contribution in [3.8, 4) is 0 Å². The van der Waals surface area contributed by atoms with Gasteiger partial charge in [-0.05, 0) is 89.9 Å². The molecule has 0 fully saturated rings. The van der Waals surface area contributed by atoms with E-state index in [2.05, 4.69) is 104 Å². The van der Waals surface area contributed by atoms with Crippen molar-refractivity contribution in [2.45, 2.75) is 270 Å². The van der Waals surface area contributed by atoms with Crippen LogP contribution in [0, 0.1) is 0 Å². The molecule has 73 heavy (non-hydrogen) atoms. The van der Waals surface area contributed by atoms with E-state index in [1.165, 1.54) is 148 Å². The second-order valence-corrected chi connectivity index (χ2v) is 22.9. The van der Waals surface area contributed by atoms with Gasteiger partial charge in [-0.15, -0.1) is 0 Å². The van der Waals surface area contributed by atoms with Gasteiger partial charge in [0.15, 0.2) is 0 Å². The minimum atomic E-state index is -4.43. The van der Waals surface area contributed by atoms with E-state index in [4.69, 9.17) is 9.05 Å². The van der Waals surface area contributed by atoms with Crippen LogP contribution in [0.4, 0.5) is 0 Å². The van der Waals surface area contributed by atoms with Crippen LogP contribution in [-0.4, -0.2) is 84.6 Å². The van der Waals surface area contributed by atoms with Crippen molar-refractivity contribution in [1.29, 1.82) is 0 Å². The Morgan fingerprint density at radius 3 is 1.26 bits per heavy atom. The van der Waals surface area contributed by atoms with Crippen molar-refractivity contribution in [3.05, 3.63) is 85.1 Å². The number of aliphatic hydroxyl groups excluding tert-OH is 2. The fraction of sp³-hybridized carbons (Fsp3) is 0.762. The number of allylic oxidation sites excluding steroid dienone is 14. The molecule has 4 unspecified atom stereocenters. The molecule has 0 bridgehead atoms. The van der Waals surface area contributed by atoms with E-state index in [1.807, 2.05) is 21.1 Å². The lowest BCUT2D eigenvalue weighted by Crippen LogP contribution is -2.51. The number of amides is 1. The first-order chi connectivity index (χ1) is 35.4. The van der Waals surface area contributed by atoms with Gasteiger partial charge >= 0.3 is 7.82 Å². The number of nitrogens with zero attached hydrogens (tertiary/aromatic N) is 1. The van der Waals surface area contributed by atoms with Crippen LogP contribution in [0.25, 0.3) is 0 Å². The standard InChI is InChI=1S/C63H115N2O7P/c1-6-8-10-12-14-16-18-20-21-22-23-24-25-26-27-28-29-30-31-32-33-34-35-36-37-38-39-40-41-42-43-44-46-48-50-52-54-56-62(67)64-60(59-72-73(69,70)71-58-57-65(3,4)5)63(68)61(66)55-53-51-49-47-45-19-17-15-13-11-9-7-2/h8,10,14,16,20-21,23-24,26-27,29-30,47,49,60-61,63,66,68H,6-7,9,11-13,15,17-19,22,25,28,31-46,48,50-59H2,1-5H3,(H-,64,67,69,70)/p+1/b10-8-,16-14-,21-20-,24-23-,27-26-,30-29-,49-47+. The molecule has 0 aliphatic carbocycles. The highest BCUT2D eigenvalue weighted by Gasteiger charge is 2.31. The van der Waals surface area contributed by atoms with Gasteiger partial charge in [0.25, 0.3) is 0 Å². The average Bonchev–Trinajstić information content (AvgIpc) is 3.35. The Labute approximate surface area is 450 Å². The number of hydrogen-bond acceptors (Lipinski definition) is 6. The van der Waals surface area contributed by atoms with Crippen LogP contribution in [0.1, 0.15) is 251 Å². The Bertz CT molecular complexity index is 1480. The van der Waals surface area contributed by atoms with Crippen molar-refractivity contribution < 1.29 is 38.0 Å². The predicted octanol–water partition coefficient (Wildman–Crippen LogP) is 17.4. The molecule has 0 aliphatic heterocycles. The van der Waals surface area contributed by atoms with Gasteiger partial charge in [-0.25, -0.2) is 4.57 Å². The number of nitrogens with one attached hydrogen (secondary N) is 1. The van der Waals surface area contributed by atoms with E-state index in [-0.39, 0.29) is 18.9 Å². The lowest BCUT2D eigenvalue weighted by atomic mass is 10.0. The van der Waals surface area contributed by atoms with E-state index in [0.29, 0.717) is 23.9 Å². The molecule has 0 radical (unpaired) electrons. The molecule has 424 valence electrons. The highest BCUT2D eigenvalue weighted by Crippen LogP contribution is 2.43. The minimum absolute atomic E-state index is 0.0149. The maximum absolute atomic E-state index is 13.0. The largest absolute Gasteiger partial charge is 0.472 e. The van der Waals surface area contributed by atoms with Crippen molar-refractivity contribution >= 4 is 13.7 Å². The number of carbonyl (C=O) groups is 1. The first-order valence-electron chi connectivity index (χ1n) is 30.0. The zero-order chi connectivity index (χ0) is 53.6. The number of hydrogen-bond donors (Lipinski definition) is 4. The maximum atomic E-state index is 13.0. The third kappa shape index (κ3) is 54.2. The first-order valence-corrected chi connectivity index (χ1v) is 31.5. The number of quaternary nitrogens is 1. The van der Waals surface area contributed by atoms with E-state index in [9.17, 15) is 24.5 Å². The zero-order valence-electron chi connectivity index (χ0n) is 48.0. The monoisotopic (exact) mass is 1040 g/mol. The van der Waals surface area contributed by atoms with E-state index >= 15 is 0 Å². The summed E-state index contributed by atoms with van der Waals surface area (Å²) >= 11 is 0. The van der Waals surface area contributed by atoms with Crippen LogP contribution < -0.4 is 5.32 Å². The number of phosphoric acid groups is 1. The van der Waals surface area contributed by atoms with Gasteiger partial charge < -0.3 is 24.9 Å². The number of unbranched alkanes of at least 4 members (excludes halogenated alkanes) is 26. The summed E-state index contributed by atoms with van der Waals surface area (Å²) < 4.78 is 23.6. The Kier molecular flexibility index (Phi) is 51.3. The van der Waals surface area contributed by atoms with Gasteiger partial charge in [0.2, 0.25) is 5.91 Å². The molecule has 0 rings (SSSR count). The smallest absolute Gasteiger partial charge is 0.390 e. The topological polar surface area (TPSA) is 125 Å². The molecule has 0 saturated heterocycles. The molecular weight excluding hydrogens is 928 g/mol. The Morgan fingerprint density at radius 1 is 0.493 bits per heavy atom. The van der Waals surface area contributed by atoms with Crippen molar-refractivity contribution in [1.82, 2.24) is 5.32 Å². The molecular formula is C63H116N2O7P+. The number of carbonyl (C=O) groups excluding carboxylic acids is 1. The highest BCUT2D eigenvalue weighted by atomic mass is 31.2. The molecule has 0 aromatic rings. The van der Waals surface area contributed by atoms with Crippen LogP contribution in [0.5, 0.6) is 0 Å². The Balaban J connectivity index is 4.05. The third-order valence-corrected chi connectivity index (χ3v) is 14.2. The second-order valence-electron chi connectivity index (χ2n) is 21.5. The van der Waals surface area contributed by atoms with Crippen LogP contribution >= 0.6 is 7.82 Å². The quantitative estimate of drug-likeness (QED) is 0.0207. The number of likely N-dealkylation sites (N-methyl/N-ethyl adjacent to an activating group) is 1. The lowest BCUT2D eigenvalue weighted by molar-refractivity contribution is -0.870. The zero-order valence-corrected chi connectivity index (χ0v) is 48.9. The van der Waals surface area contributed by atoms with Gasteiger partial charge in [-0.1, -0.05) is 240 Å². The van der Waals surface area contributed by atoms with Gasteiger partial charge in [-0.2, -0.15) is 0 Å². The summed E-state index contributed by atoms with van der Waals surface area (Å²) in [6.07, 6.45) is 71.2. The summed E-state index contributed by atoms with van der Waals surface area (Å²) in [5.74, 6) is -0.268. The second kappa shape index (κ2) is 53.1. The fourth-order valence-electron chi connectivity index (χ4n) is 8.50. The van der Waals surface area contributed by atoms with Crippen LogP contribution in [0.15, 0.2) is 85.1 Å². The maximum Gasteiger partial charge on any atom is 0.472 e. The van der Waals surface area contributed by atoms with E-state index in [0.717, 1.165) is 70.6 Å². The Hall–Kier alpha value is -2.36. The Morgan fingerprint density at radius 2 is 0.849 bits per heavy atom. The molecule has 0 aromatic carbocycles. The normalized spacial score (nSPS) is 14.9. The van der Waals surface area contributed by atoms with Crippen LogP contribution in [0.2, 0.25) is 0 Å². The van der Waals surface area contributed by atoms with Crippen molar-refractivity contribution in [2.75, 3.05) is 40.9 Å². The molecule has 4 N–H and O–H groups in total. The molecule has 9 nitrogen and oxygen atoms in total. The average molecular weight is 1040 g/mol. The molecule has 0 saturated carbocycles. The van der Waals surface area contributed by atoms with E-state index < -0.39 is 32.7 Å². The number of phosphoric ester groups is 1. The van der Waals surface area contributed by atoms with Gasteiger partial charge in [0.1, 0.15) is 19.3 Å². The van der Waals surface area contributed by atoms with Crippen LogP contribution in [0.3, 0.4) is 0 Å². The molecule has 1 amide bonds. The molecule has 10 heteroatoms. The minimum Gasteiger partial charge on any atom is -0.390 e. The molecule has 0 aromatic heterocycles. The summed E-state index contributed by atoms with van der Waals surface area (Å²) in [4.78, 5) is 23.3. The summed E-state index contributed by atoms with van der Waals surface area (Å²) in [6.45, 7) is 4.47. The predicted molar refractivity (Wildman–Crippen MR) is 315 cm³/mol. The van der Waals surface area contributed by atoms with Gasteiger partial charge in [-0.3, -0.25) is 13.8 Å². The SMILES string of the molecule is CC/C=C\C/C=C\C/C=C\C/C=C\C/C=C\C/C=C\CCCCCCCCCCCCCCCCCCCCC(=O)NC(COP(=O)(O)OCC[N+](C)(C)C)C(O)C(O)CCC/C=C/CCCCCCCCC. The highest BCUT2D eigenvalue weighted by molar-refractivity contribution is 7.47. The van der Waals surface area contributed by atoms with Gasteiger partial charge in [0, 0.05) is 6.42 Å². The van der Waals surface area contributed by atoms with Crippen molar-refractivity contribution in [3.63, 3.8) is 0 Å². The lowest BCUT2D eigenvalue weighted by Gasteiger charge is -2.28. The molecule has 0 heterocycles. The van der Waals surface area contributed by atoms with Crippen LogP contribution in [-0.2, 0) is 18.4 Å². The number of aliphatic hydroxyl groups is 2. The molecule has 0 spiro atoms. The molecule has 0 aliphatic rings. The summed E-state index contributed by atoms with van der Waals surface area (Å²) in [5, 5.41) is 24.8. The summed E-state index contributed by atoms with van der Waals surface area (Å²) in [5.41, 5.74) is 0. The van der Waals surface area contributed by atoms with Crippen molar-refractivity contribution in [2.24, 2.45) is 0 Å². The first kappa shape index (κ1) is 70.6. The van der Waals surface area contributed by atoms with Gasteiger partial charge in [0.05, 0.1) is 39.9 Å². The summed E-state index contributed by atoms with van der Waals surface area (Å²) in [6, 6.07) is -1.05.